The molecule has 0 radical (unpaired) electrons. The second-order valence-electron chi connectivity index (χ2n) is 5.36. The normalized spacial score (nSPS) is 21.9. The summed E-state index contributed by atoms with van der Waals surface area (Å²) in [5.41, 5.74) is 1.43. The molecule has 0 spiro atoms. The van der Waals surface area contributed by atoms with E-state index in [0.717, 1.165) is 38.3 Å². The van der Waals surface area contributed by atoms with Gasteiger partial charge in [0.05, 0.1) is 0 Å². The highest BCUT2D eigenvalue weighted by atomic mass is 16.5. The second kappa shape index (κ2) is 5.23. The molecule has 1 aliphatic heterocycles. The van der Waals surface area contributed by atoms with Gasteiger partial charge in [0.2, 0.25) is 0 Å². The Bertz CT molecular complexity index is 351. The van der Waals surface area contributed by atoms with Crippen LogP contribution in [0.2, 0.25) is 0 Å². The minimum Gasteiger partial charge on any atom is -0.381 e. The molecule has 3 heteroatoms. The lowest BCUT2D eigenvalue weighted by molar-refractivity contribution is 0.0610. The summed E-state index contributed by atoms with van der Waals surface area (Å²) in [5.74, 6) is 0.802. The molecule has 2 heterocycles. The van der Waals surface area contributed by atoms with Gasteiger partial charge in [-0.2, -0.15) is 0 Å². The summed E-state index contributed by atoms with van der Waals surface area (Å²) >= 11 is 0. The average Bonchev–Trinajstić information content (AvgIpc) is 3.09. The van der Waals surface area contributed by atoms with Gasteiger partial charge in [-0.15, -0.1) is 0 Å². The quantitative estimate of drug-likeness (QED) is 0.845. The molecular weight excluding hydrogens is 212 g/mol. The molecule has 17 heavy (non-hydrogen) atoms. The molecule has 0 unspecified atom stereocenters. The van der Waals surface area contributed by atoms with Gasteiger partial charge in [-0.25, -0.2) is 0 Å². The van der Waals surface area contributed by atoms with E-state index in [1.807, 2.05) is 0 Å². The summed E-state index contributed by atoms with van der Waals surface area (Å²) in [7, 11) is 0. The van der Waals surface area contributed by atoms with E-state index in [4.69, 9.17) is 4.74 Å². The lowest BCUT2D eigenvalue weighted by Crippen LogP contribution is -2.23. The third kappa shape index (κ3) is 3.11. The molecule has 0 bridgehead atoms. The Morgan fingerprint density at radius 3 is 2.82 bits per heavy atom. The molecule has 94 valence electrons. The van der Waals surface area contributed by atoms with Crippen molar-refractivity contribution in [3.8, 4) is 0 Å². The highest BCUT2D eigenvalue weighted by Gasteiger charge is 2.21. The maximum atomic E-state index is 5.41. The summed E-state index contributed by atoms with van der Waals surface area (Å²) in [5, 5.41) is 3.59. The van der Waals surface area contributed by atoms with Crippen LogP contribution in [0.25, 0.3) is 0 Å². The molecule has 1 aromatic rings. The van der Waals surface area contributed by atoms with Crippen LogP contribution in [0.15, 0.2) is 18.3 Å². The van der Waals surface area contributed by atoms with Gasteiger partial charge in [-0.05, 0) is 43.7 Å². The van der Waals surface area contributed by atoms with Crippen LogP contribution >= 0.6 is 0 Å². The Kier molecular flexibility index (Phi) is 3.48. The lowest BCUT2D eigenvalue weighted by atomic mass is 10.0. The van der Waals surface area contributed by atoms with Gasteiger partial charge in [0.1, 0.15) is 0 Å². The fourth-order valence-corrected chi connectivity index (χ4v) is 2.53. The lowest BCUT2D eigenvalue weighted by Gasteiger charge is -2.23. The molecule has 1 saturated heterocycles. The Labute approximate surface area is 103 Å². The zero-order chi connectivity index (χ0) is 11.5. The monoisotopic (exact) mass is 234 g/mol. The Balaban J connectivity index is 1.55. The highest BCUT2D eigenvalue weighted by molar-refractivity contribution is 5.07. The molecule has 1 saturated carbocycles. The van der Waals surface area contributed by atoms with E-state index in [2.05, 4.69) is 28.2 Å². The summed E-state index contributed by atoms with van der Waals surface area (Å²) in [6, 6.07) is 5.21. The minimum absolute atomic E-state index is 0.793. The predicted octanol–water partition coefficient (Wildman–Crippen LogP) is 2.17. The van der Waals surface area contributed by atoms with Crippen LogP contribution in [-0.4, -0.2) is 23.8 Å². The number of aromatic nitrogens is 1. The number of ether oxygens (including phenoxy) is 1. The van der Waals surface area contributed by atoms with Crippen molar-refractivity contribution in [3.05, 3.63) is 24.0 Å². The van der Waals surface area contributed by atoms with Crippen molar-refractivity contribution < 1.29 is 4.74 Å². The SMILES string of the molecule is c1cc(CNC2CC2)n(CC2CCOCC2)c1. The van der Waals surface area contributed by atoms with Crippen LogP contribution in [0.4, 0.5) is 0 Å². The predicted molar refractivity (Wildman–Crippen MR) is 67.8 cm³/mol. The van der Waals surface area contributed by atoms with Crippen molar-refractivity contribution in [2.45, 2.75) is 44.8 Å². The third-order valence-corrected chi connectivity index (χ3v) is 3.87. The van der Waals surface area contributed by atoms with E-state index in [1.54, 1.807) is 0 Å². The zero-order valence-electron chi connectivity index (χ0n) is 10.4. The maximum Gasteiger partial charge on any atom is 0.0469 e. The number of nitrogens with zero attached hydrogens (tertiary/aromatic N) is 1. The van der Waals surface area contributed by atoms with Crippen molar-refractivity contribution in [1.29, 1.82) is 0 Å². The Hall–Kier alpha value is -0.800. The summed E-state index contributed by atoms with van der Waals surface area (Å²) in [6.45, 7) is 4.09. The third-order valence-electron chi connectivity index (χ3n) is 3.87. The molecular formula is C14H22N2O. The van der Waals surface area contributed by atoms with Crippen molar-refractivity contribution in [2.24, 2.45) is 5.92 Å². The van der Waals surface area contributed by atoms with Crippen molar-refractivity contribution in [3.63, 3.8) is 0 Å². The van der Waals surface area contributed by atoms with Crippen LogP contribution in [0.5, 0.6) is 0 Å². The fourth-order valence-electron chi connectivity index (χ4n) is 2.53. The number of nitrogens with one attached hydrogen (secondary N) is 1. The van der Waals surface area contributed by atoms with Crippen LogP contribution in [0.1, 0.15) is 31.4 Å². The fraction of sp³-hybridized carbons (Fsp3) is 0.714. The molecule has 2 aliphatic rings. The molecule has 2 fully saturated rings. The molecule has 0 amide bonds. The number of hydrogen-bond acceptors (Lipinski definition) is 2. The van der Waals surface area contributed by atoms with Crippen LogP contribution in [0, 0.1) is 5.92 Å². The van der Waals surface area contributed by atoms with Crippen molar-refractivity contribution >= 4 is 0 Å². The minimum atomic E-state index is 0.793. The van der Waals surface area contributed by atoms with Crippen molar-refractivity contribution in [2.75, 3.05) is 13.2 Å². The first-order valence-electron chi connectivity index (χ1n) is 6.87. The average molecular weight is 234 g/mol. The smallest absolute Gasteiger partial charge is 0.0469 e. The summed E-state index contributed by atoms with van der Waals surface area (Å²) in [6.07, 6.45) is 7.38. The largest absolute Gasteiger partial charge is 0.381 e. The summed E-state index contributed by atoms with van der Waals surface area (Å²) in [4.78, 5) is 0. The van der Waals surface area contributed by atoms with Gasteiger partial charge in [0.15, 0.2) is 0 Å². The van der Waals surface area contributed by atoms with Gasteiger partial charge in [-0.3, -0.25) is 0 Å². The molecule has 1 N–H and O–H groups in total. The molecule has 3 rings (SSSR count). The Morgan fingerprint density at radius 2 is 2.06 bits per heavy atom. The second-order valence-corrected chi connectivity index (χ2v) is 5.36. The number of rotatable bonds is 5. The molecule has 3 nitrogen and oxygen atoms in total. The first-order valence-corrected chi connectivity index (χ1v) is 6.87. The summed E-state index contributed by atoms with van der Waals surface area (Å²) < 4.78 is 7.84. The van der Waals surface area contributed by atoms with Gasteiger partial charge in [0, 0.05) is 44.2 Å². The standard InChI is InChI=1S/C14H22N2O/c1-2-14(10-15-13-3-4-13)16(7-1)11-12-5-8-17-9-6-12/h1-2,7,12-13,15H,3-6,8-11H2. The topological polar surface area (TPSA) is 26.2 Å². The van der Waals surface area contributed by atoms with E-state index < -0.39 is 0 Å². The van der Waals surface area contributed by atoms with Crippen LogP contribution in [-0.2, 0) is 17.8 Å². The zero-order valence-corrected chi connectivity index (χ0v) is 10.4. The first kappa shape index (κ1) is 11.3. The first-order chi connectivity index (χ1) is 8.42. The van der Waals surface area contributed by atoms with Gasteiger partial charge in [-0.1, -0.05) is 0 Å². The van der Waals surface area contributed by atoms with Gasteiger partial charge in [0.25, 0.3) is 0 Å². The number of hydrogen-bond donors (Lipinski definition) is 1. The Morgan fingerprint density at radius 1 is 1.24 bits per heavy atom. The molecule has 1 aliphatic carbocycles. The van der Waals surface area contributed by atoms with E-state index >= 15 is 0 Å². The van der Waals surface area contributed by atoms with E-state index in [-0.39, 0.29) is 0 Å². The molecule has 0 atom stereocenters. The highest BCUT2D eigenvalue weighted by Crippen LogP contribution is 2.21. The van der Waals surface area contributed by atoms with Gasteiger partial charge >= 0.3 is 0 Å². The maximum absolute atomic E-state index is 5.41. The van der Waals surface area contributed by atoms with Crippen molar-refractivity contribution in [1.82, 2.24) is 9.88 Å². The van der Waals surface area contributed by atoms with Crippen LogP contribution in [0.3, 0.4) is 0 Å². The van der Waals surface area contributed by atoms with E-state index in [1.165, 1.54) is 31.4 Å². The van der Waals surface area contributed by atoms with E-state index in [0.29, 0.717) is 0 Å². The molecule has 1 aromatic heterocycles. The molecule has 0 aromatic carbocycles. The van der Waals surface area contributed by atoms with Crippen LogP contribution < -0.4 is 5.32 Å². The van der Waals surface area contributed by atoms with Gasteiger partial charge < -0.3 is 14.6 Å². The van der Waals surface area contributed by atoms with E-state index in [9.17, 15) is 0 Å².